The van der Waals surface area contributed by atoms with Crippen LogP contribution in [0.5, 0.6) is 0 Å². The van der Waals surface area contributed by atoms with Crippen molar-refractivity contribution in [3.8, 4) is 0 Å². The minimum atomic E-state index is 0.160. The van der Waals surface area contributed by atoms with E-state index in [1.54, 1.807) is 0 Å². The highest BCUT2D eigenvalue weighted by molar-refractivity contribution is 5.96. The van der Waals surface area contributed by atoms with Crippen LogP contribution < -0.4 is 0 Å². The maximum atomic E-state index is 12.9. The van der Waals surface area contributed by atoms with Crippen LogP contribution in [0.25, 0.3) is 0 Å². The van der Waals surface area contributed by atoms with E-state index in [0.717, 1.165) is 37.1 Å². The molecule has 0 spiro atoms. The third-order valence-corrected chi connectivity index (χ3v) is 4.98. The number of aliphatic hydroxyl groups excluding tert-OH is 1. The minimum Gasteiger partial charge on any atom is -0.396 e. The van der Waals surface area contributed by atoms with E-state index >= 15 is 0 Å². The number of carbonyl (C=O) groups excluding carboxylic acids is 1. The molecule has 1 amide bonds. The fourth-order valence-corrected chi connectivity index (χ4v) is 3.76. The van der Waals surface area contributed by atoms with Gasteiger partial charge in [0.1, 0.15) is 0 Å². The second-order valence-electron chi connectivity index (χ2n) is 6.55. The summed E-state index contributed by atoms with van der Waals surface area (Å²) in [5.74, 6) is 0.160. The fraction of sp³-hybridized carbons (Fsp3) is 0.706. The number of carbonyl (C=O) groups is 1. The minimum absolute atomic E-state index is 0.160. The van der Waals surface area contributed by atoms with Gasteiger partial charge in [0, 0.05) is 36.6 Å². The van der Waals surface area contributed by atoms with Crippen molar-refractivity contribution in [2.75, 3.05) is 13.2 Å². The number of hydrogen-bond acceptors (Lipinski definition) is 2. The number of rotatable bonds is 4. The molecule has 1 saturated heterocycles. The van der Waals surface area contributed by atoms with Crippen molar-refractivity contribution in [2.45, 2.75) is 64.5 Å². The molecular formula is C17H26N2O2. The molecule has 0 radical (unpaired) electrons. The summed E-state index contributed by atoms with van der Waals surface area (Å²) in [7, 11) is 0. The predicted octanol–water partition coefficient (Wildman–Crippen LogP) is 2.82. The lowest BCUT2D eigenvalue weighted by Gasteiger charge is -2.35. The quantitative estimate of drug-likeness (QED) is 0.927. The maximum Gasteiger partial charge on any atom is 0.255 e. The van der Waals surface area contributed by atoms with E-state index in [4.69, 9.17) is 0 Å². The monoisotopic (exact) mass is 290 g/mol. The molecule has 1 aromatic heterocycles. The third-order valence-electron chi connectivity index (χ3n) is 4.98. The highest BCUT2D eigenvalue weighted by Gasteiger charge is 2.32. The Hall–Kier alpha value is -1.29. The van der Waals surface area contributed by atoms with Gasteiger partial charge >= 0.3 is 0 Å². The molecule has 1 aliphatic heterocycles. The molecule has 116 valence electrons. The van der Waals surface area contributed by atoms with E-state index in [1.807, 2.05) is 4.90 Å². The average Bonchev–Trinajstić information content (AvgIpc) is 3.25. The molecule has 21 heavy (non-hydrogen) atoms. The lowest BCUT2D eigenvalue weighted by atomic mass is 9.98. The Morgan fingerprint density at radius 3 is 2.71 bits per heavy atom. The molecule has 4 nitrogen and oxygen atoms in total. The summed E-state index contributed by atoms with van der Waals surface area (Å²) in [5, 5.41) is 9.23. The summed E-state index contributed by atoms with van der Waals surface area (Å²) >= 11 is 0. The lowest BCUT2D eigenvalue weighted by Crippen LogP contribution is -2.44. The van der Waals surface area contributed by atoms with E-state index < -0.39 is 0 Å². The molecule has 2 aliphatic rings. The molecule has 1 aliphatic carbocycles. The summed E-state index contributed by atoms with van der Waals surface area (Å²) in [6.07, 6.45) is 6.44. The van der Waals surface area contributed by atoms with Gasteiger partial charge < -0.3 is 14.6 Å². The van der Waals surface area contributed by atoms with Crippen molar-refractivity contribution in [3.05, 3.63) is 23.0 Å². The number of aliphatic hydroxyl groups is 1. The second kappa shape index (κ2) is 5.84. The van der Waals surface area contributed by atoms with Crippen LogP contribution in [0.3, 0.4) is 0 Å². The van der Waals surface area contributed by atoms with Crippen molar-refractivity contribution in [2.24, 2.45) is 0 Å². The van der Waals surface area contributed by atoms with E-state index in [0.29, 0.717) is 12.5 Å². The van der Waals surface area contributed by atoms with Gasteiger partial charge in [-0.1, -0.05) is 0 Å². The molecule has 1 aromatic rings. The van der Waals surface area contributed by atoms with E-state index in [-0.39, 0.29) is 18.6 Å². The molecule has 0 aromatic carbocycles. The maximum absolute atomic E-state index is 12.9. The summed E-state index contributed by atoms with van der Waals surface area (Å²) in [4.78, 5) is 14.9. The number of aromatic nitrogens is 1. The van der Waals surface area contributed by atoms with Crippen LogP contribution in [0, 0.1) is 13.8 Å². The number of aryl methyl sites for hydroxylation is 1. The Bertz CT molecular complexity index is 529. The standard InChI is InChI=1S/C17H26N2O2/c1-12-11-16(13(2)19(12)15-6-7-15)17(21)18-9-4-3-5-14(18)8-10-20/h11,14-15,20H,3-10H2,1-2H3. The third kappa shape index (κ3) is 2.73. The highest BCUT2D eigenvalue weighted by atomic mass is 16.3. The molecule has 1 atom stereocenters. The van der Waals surface area contributed by atoms with Gasteiger partial charge in [0.25, 0.3) is 5.91 Å². The molecule has 3 rings (SSSR count). The van der Waals surface area contributed by atoms with Crippen LogP contribution in [0.4, 0.5) is 0 Å². The Morgan fingerprint density at radius 1 is 1.29 bits per heavy atom. The Morgan fingerprint density at radius 2 is 2.05 bits per heavy atom. The number of nitrogens with zero attached hydrogens (tertiary/aromatic N) is 2. The topological polar surface area (TPSA) is 45.5 Å². The van der Waals surface area contributed by atoms with Crippen molar-refractivity contribution in [1.82, 2.24) is 9.47 Å². The van der Waals surface area contributed by atoms with Crippen molar-refractivity contribution in [3.63, 3.8) is 0 Å². The average molecular weight is 290 g/mol. The zero-order valence-electron chi connectivity index (χ0n) is 13.1. The van der Waals surface area contributed by atoms with Crippen LogP contribution in [0.15, 0.2) is 6.07 Å². The Labute approximate surface area is 126 Å². The van der Waals surface area contributed by atoms with Crippen LogP contribution >= 0.6 is 0 Å². The number of likely N-dealkylation sites (tertiary alicyclic amines) is 1. The van der Waals surface area contributed by atoms with Gasteiger partial charge in [-0.15, -0.1) is 0 Å². The zero-order valence-corrected chi connectivity index (χ0v) is 13.1. The van der Waals surface area contributed by atoms with Gasteiger partial charge in [0.15, 0.2) is 0 Å². The summed E-state index contributed by atoms with van der Waals surface area (Å²) < 4.78 is 2.33. The normalized spacial score (nSPS) is 22.6. The molecule has 0 bridgehead atoms. The smallest absolute Gasteiger partial charge is 0.255 e. The predicted molar refractivity (Wildman–Crippen MR) is 82.6 cm³/mol. The van der Waals surface area contributed by atoms with Gasteiger partial charge in [-0.25, -0.2) is 0 Å². The highest BCUT2D eigenvalue weighted by Crippen LogP contribution is 2.38. The first-order valence-electron chi connectivity index (χ1n) is 8.23. The first kappa shape index (κ1) is 14.6. The van der Waals surface area contributed by atoms with Gasteiger partial charge in [-0.3, -0.25) is 4.79 Å². The van der Waals surface area contributed by atoms with Crippen molar-refractivity contribution < 1.29 is 9.90 Å². The van der Waals surface area contributed by atoms with Gasteiger partial charge in [0.2, 0.25) is 0 Å². The Balaban J connectivity index is 1.85. The first-order chi connectivity index (χ1) is 10.1. The van der Waals surface area contributed by atoms with Crippen molar-refractivity contribution in [1.29, 1.82) is 0 Å². The molecule has 1 N–H and O–H groups in total. The van der Waals surface area contributed by atoms with E-state index in [9.17, 15) is 9.90 Å². The van der Waals surface area contributed by atoms with Crippen LogP contribution in [-0.4, -0.2) is 39.7 Å². The zero-order chi connectivity index (χ0) is 15.0. The summed E-state index contributed by atoms with van der Waals surface area (Å²) in [5.41, 5.74) is 3.19. The van der Waals surface area contributed by atoms with Crippen molar-refractivity contribution >= 4 is 5.91 Å². The van der Waals surface area contributed by atoms with Crippen LogP contribution in [-0.2, 0) is 0 Å². The molecule has 2 heterocycles. The second-order valence-corrected chi connectivity index (χ2v) is 6.55. The molecule has 2 fully saturated rings. The Kier molecular flexibility index (Phi) is 4.07. The molecule has 4 heteroatoms. The van der Waals surface area contributed by atoms with Gasteiger partial charge in [-0.2, -0.15) is 0 Å². The van der Waals surface area contributed by atoms with E-state index in [2.05, 4.69) is 24.5 Å². The number of amides is 1. The number of piperidine rings is 1. The van der Waals surface area contributed by atoms with E-state index in [1.165, 1.54) is 18.5 Å². The SMILES string of the molecule is Cc1cc(C(=O)N2CCCCC2CCO)c(C)n1C1CC1. The number of hydrogen-bond donors (Lipinski definition) is 1. The fourth-order valence-electron chi connectivity index (χ4n) is 3.76. The largest absolute Gasteiger partial charge is 0.396 e. The lowest BCUT2D eigenvalue weighted by molar-refractivity contribution is 0.0574. The molecule has 1 saturated carbocycles. The van der Waals surface area contributed by atoms with Crippen LogP contribution in [0.1, 0.15) is 66.3 Å². The molecule has 1 unspecified atom stereocenters. The van der Waals surface area contributed by atoms with Crippen LogP contribution in [0.2, 0.25) is 0 Å². The van der Waals surface area contributed by atoms with Gasteiger partial charge in [0.05, 0.1) is 5.56 Å². The summed E-state index contributed by atoms with van der Waals surface area (Å²) in [6, 6.07) is 2.88. The molecular weight excluding hydrogens is 264 g/mol. The van der Waals surface area contributed by atoms with Gasteiger partial charge in [-0.05, 0) is 58.4 Å². The first-order valence-corrected chi connectivity index (χ1v) is 8.23. The summed E-state index contributed by atoms with van der Waals surface area (Å²) in [6.45, 7) is 5.17.